The molecule has 0 unspecified atom stereocenters. The average molecular weight is 256 g/mol. The van der Waals surface area contributed by atoms with Crippen molar-refractivity contribution in [2.75, 3.05) is 0 Å². The van der Waals surface area contributed by atoms with E-state index in [9.17, 15) is 19.2 Å². The highest BCUT2D eigenvalue weighted by molar-refractivity contribution is 5.98. The van der Waals surface area contributed by atoms with Crippen molar-refractivity contribution in [1.82, 2.24) is 0 Å². The Bertz CT molecular complexity index is 392. The number of ether oxygens (including phenoxy) is 1. The molecule has 0 saturated carbocycles. The van der Waals surface area contributed by atoms with E-state index in [1.54, 1.807) is 0 Å². The molecule has 0 aromatic carbocycles. The van der Waals surface area contributed by atoms with E-state index in [-0.39, 0.29) is 5.57 Å². The smallest absolute Gasteiger partial charge is 0.338 e. The highest BCUT2D eigenvalue weighted by Crippen LogP contribution is 1.84. The SMILES string of the molecule is C=C(C)C(=O)O.C=CC(=O)OC(=O)C=CC(=O)O. The molecule has 0 fully saturated rings. The van der Waals surface area contributed by atoms with Gasteiger partial charge in [0.1, 0.15) is 0 Å². The molecule has 0 bridgehead atoms. The molecule has 0 atom stereocenters. The highest BCUT2D eigenvalue weighted by Gasteiger charge is 2.02. The van der Waals surface area contributed by atoms with Crippen molar-refractivity contribution in [3.8, 4) is 0 Å². The number of carbonyl (C=O) groups excluding carboxylic acids is 2. The molecule has 0 heterocycles. The van der Waals surface area contributed by atoms with Crippen LogP contribution in [0.2, 0.25) is 0 Å². The fraction of sp³-hybridized carbons (Fsp3) is 0.0909. The van der Waals surface area contributed by atoms with Crippen LogP contribution in [0.4, 0.5) is 0 Å². The second-order valence-electron chi connectivity index (χ2n) is 2.70. The van der Waals surface area contributed by atoms with E-state index in [1.807, 2.05) is 0 Å². The van der Waals surface area contributed by atoms with Crippen molar-refractivity contribution in [2.24, 2.45) is 0 Å². The molecule has 0 rings (SSSR count). The van der Waals surface area contributed by atoms with Gasteiger partial charge in [-0.1, -0.05) is 13.2 Å². The van der Waals surface area contributed by atoms with Gasteiger partial charge in [0.05, 0.1) is 0 Å². The first-order valence-corrected chi connectivity index (χ1v) is 4.38. The van der Waals surface area contributed by atoms with Crippen molar-refractivity contribution in [2.45, 2.75) is 6.92 Å². The maximum Gasteiger partial charge on any atom is 0.338 e. The molecule has 7 nitrogen and oxygen atoms in total. The van der Waals surface area contributed by atoms with Gasteiger partial charge < -0.3 is 14.9 Å². The molecule has 0 spiro atoms. The summed E-state index contributed by atoms with van der Waals surface area (Å²) in [5.41, 5.74) is 0.176. The first-order chi connectivity index (χ1) is 8.20. The number of carboxylic acids is 2. The zero-order valence-corrected chi connectivity index (χ0v) is 9.58. The maximum atomic E-state index is 10.5. The molecule has 98 valence electrons. The standard InChI is InChI=1S/C7H6O5.C4H6O2/c1-2-6(10)12-7(11)4-3-5(8)9;1-3(2)4(5)6/h2-4H,1H2,(H,8,9);1H2,2H3,(H,5,6). The lowest BCUT2D eigenvalue weighted by Gasteiger charge is -1.91. The molecule has 0 aromatic rings. The molecule has 0 saturated heterocycles. The molecule has 0 radical (unpaired) electrons. The summed E-state index contributed by atoms with van der Waals surface area (Å²) in [6.07, 6.45) is 1.99. The van der Waals surface area contributed by atoms with Crippen molar-refractivity contribution in [1.29, 1.82) is 0 Å². The zero-order valence-electron chi connectivity index (χ0n) is 9.58. The van der Waals surface area contributed by atoms with Crippen LogP contribution in [0.1, 0.15) is 6.92 Å². The topological polar surface area (TPSA) is 118 Å². The summed E-state index contributed by atoms with van der Waals surface area (Å²) in [6, 6.07) is 0. The quantitative estimate of drug-likeness (QED) is 0.428. The number of esters is 2. The van der Waals surface area contributed by atoms with Gasteiger partial charge in [0.15, 0.2) is 0 Å². The van der Waals surface area contributed by atoms with Gasteiger partial charge in [0.2, 0.25) is 0 Å². The van der Waals surface area contributed by atoms with Gasteiger partial charge in [0, 0.05) is 23.8 Å². The molecule has 0 aromatic heterocycles. The number of carbonyl (C=O) groups is 4. The largest absolute Gasteiger partial charge is 0.478 e. The van der Waals surface area contributed by atoms with Gasteiger partial charge in [-0.05, 0) is 6.92 Å². The maximum absolute atomic E-state index is 10.5. The molecule has 2 N–H and O–H groups in total. The van der Waals surface area contributed by atoms with Gasteiger partial charge >= 0.3 is 23.9 Å². The predicted octanol–water partition coefficient (Wildman–Crippen LogP) is 0.530. The van der Waals surface area contributed by atoms with Crippen LogP contribution in [0.15, 0.2) is 37.0 Å². The predicted molar refractivity (Wildman–Crippen MR) is 60.5 cm³/mol. The van der Waals surface area contributed by atoms with Crippen LogP contribution in [0.5, 0.6) is 0 Å². The van der Waals surface area contributed by atoms with Crippen LogP contribution in [0.3, 0.4) is 0 Å². The van der Waals surface area contributed by atoms with E-state index in [4.69, 9.17) is 10.2 Å². The van der Waals surface area contributed by atoms with E-state index in [2.05, 4.69) is 17.9 Å². The van der Waals surface area contributed by atoms with Crippen LogP contribution in [0, 0.1) is 0 Å². The summed E-state index contributed by atoms with van der Waals surface area (Å²) in [5.74, 6) is -4.19. The fourth-order valence-corrected chi connectivity index (χ4v) is 0.314. The van der Waals surface area contributed by atoms with Crippen molar-refractivity contribution in [3.63, 3.8) is 0 Å². The number of carboxylic acid groups (broad SMARTS) is 2. The lowest BCUT2D eigenvalue weighted by Crippen LogP contribution is -2.07. The number of hydrogen-bond acceptors (Lipinski definition) is 5. The third kappa shape index (κ3) is 13.3. The summed E-state index contributed by atoms with van der Waals surface area (Å²) in [4.78, 5) is 40.3. The fourth-order valence-electron chi connectivity index (χ4n) is 0.314. The molecule has 0 amide bonds. The van der Waals surface area contributed by atoms with Gasteiger partial charge in [-0.15, -0.1) is 0 Å². The lowest BCUT2D eigenvalue weighted by molar-refractivity contribution is -0.152. The van der Waals surface area contributed by atoms with E-state index in [0.717, 1.165) is 6.08 Å². The summed E-state index contributed by atoms with van der Waals surface area (Å²) in [6.45, 7) is 7.64. The van der Waals surface area contributed by atoms with Gasteiger partial charge in [-0.25, -0.2) is 19.2 Å². The summed E-state index contributed by atoms with van der Waals surface area (Å²) in [7, 11) is 0. The van der Waals surface area contributed by atoms with Gasteiger partial charge in [-0.3, -0.25) is 0 Å². The number of hydrogen-bond donors (Lipinski definition) is 2. The van der Waals surface area contributed by atoms with Crippen LogP contribution in [-0.2, 0) is 23.9 Å². The Morgan fingerprint density at radius 1 is 1.06 bits per heavy atom. The first kappa shape index (κ1) is 17.7. The van der Waals surface area contributed by atoms with Crippen molar-refractivity contribution >= 4 is 23.9 Å². The zero-order chi connectivity index (χ0) is 14.7. The highest BCUT2D eigenvalue weighted by atomic mass is 16.6. The molecular formula is C11H12O7. The minimum absolute atomic E-state index is 0.176. The third-order valence-corrected chi connectivity index (χ3v) is 1.09. The normalized spacial score (nSPS) is 8.72. The lowest BCUT2D eigenvalue weighted by atomic mass is 10.4. The Kier molecular flexibility index (Phi) is 9.36. The minimum Gasteiger partial charge on any atom is -0.478 e. The van der Waals surface area contributed by atoms with E-state index < -0.39 is 23.9 Å². The van der Waals surface area contributed by atoms with Crippen molar-refractivity contribution in [3.05, 3.63) is 37.0 Å². The Hall–Kier alpha value is -2.70. The number of rotatable bonds is 4. The van der Waals surface area contributed by atoms with Crippen molar-refractivity contribution < 1.29 is 34.1 Å². The molecular weight excluding hydrogens is 244 g/mol. The van der Waals surface area contributed by atoms with Crippen LogP contribution in [-0.4, -0.2) is 34.1 Å². The Morgan fingerprint density at radius 2 is 1.50 bits per heavy atom. The second-order valence-corrected chi connectivity index (χ2v) is 2.70. The molecule has 0 aliphatic rings. The average Bonchev–Trinajstić information content (AvgIpc) is 2.26. The van der Waals surface area contributed by atoms with E-state index >= 15 is 0 Å². The Labute approximate surface area is 103 Å². The molecule has 7 heteroatoms. The minimum atomic E-state index is -1.29. The summed E-state index contributed by atoms with van der Waals surface area (Å²) < 4.78 is 4.00. The molecule has 0 aliphatic heterocycles. The van der Waals surface area contributed by atoms with E-state index in [0.29, 0.717) is 12.2 Å². The van der Waals surface area contributed by atoms with Crippen LogP contribution < -0.4 is 0 Å². The molecule has 18 heavy (non-hydrogen) atoms. The van der Waals surface area contributed by atoms with Gasteiger partial charge in [-0.2, -0.15) is 0 Å². The Balaban J connectivity index is 0. The summed E-state index contributed by atoms with van der Waals surface area (Å²) in [5, 5.41) is 15.9. The summed E-state index contributed by atoms with van der Waals surface area (Å²) >= 11 is 0. The van der Waals surface area contributed by atoms with Crippen LogP contribution >= 0.6 is 0 Å². The number of aliphatic carboxylic acids is 2. The second kappa shape index (κ2) is 9.52. The molecule has 0 aliphatic carbocycles. The first-order valence-electron chi connectivity index (χ1n) is 4.38. The van der Waals surface area contributed by atoms with Gasteiger partial charge in [0.25, 0.3) is 0 Å². The third-order valence-electron chi connectivity index (χ3n) is 1.09. The van der Waals surface area contributed by atoms with Crippen LogP contribution in [0.25, 0.3) is 0 Å². The van der Waals surface area contributed by atoms with E-state index in [1.165, 1.54) is 6.92 Å². The monoisotopic (exact) mass is 256 g/mol. The Morgan fingerprint density at radius 3 is 1.78 bits per heavy atom.